The Morgan fingerprint density at radius 1 is 1.25 bits per heavy atom. The van der Waals surface area contributed by atoms with Crippen molar-refractivity contribution in [3.05, 3.63) is 32.7 Å². The molecular formula is C8H3F2IS. The topological polar surface area (TPSA) is 0 Å². The largest absolute Gasteiger partial charge is 0.204 e. The first kappa shape index (κ1) is 8.37. The van der Waals surface area contributed by atoms with Crippen LogP contribution in [0.5, 0.6) is 0 Å². The Bertz CT molecular complexity index is 436. The molecule has 0 aliphatic heterocycles. The lowest BCUT2D eigenvalue weighted by Crippen LogP contribution is -1.81. The average molecular weight is 296 g/mol. The molecule has 0 atom stereocenters. The zero-order valence-corrected chi connectivity index (χ0v) is 8.75. The first-order valence-electron chi connectivity index (χ1n) is 3.21. The van der Waals surface area contributed by atoms with Gasteiger partial charge in [-0.05, 0) is 34.7 Å². The first-order valence-corrected chi connectivity index (χ1v) is 5.16. The third-order valence-corrected chi connectivity index (χ3v) is 3.89. The standard InChI is InChI=1S/C8H3F2IS/c9-5-2-1-4-6(11)3-12-8(4)7(5)10/h1-3H. The fraction of sp³-hybridized carbons (Fsp3) is 0. The molecule has 0 saturated heterocycles. The highest BCUT2D eigenvalue weighted by Gasteiger charge is 2.09. The Balaban J connectivity index is 2.93. The van der Waals surface area contributed by atoms with Gasteiger partial charge in [0.1, 0.15) is 0 Å². The number of fused-ring (bicyclic) bond motifs is 1. The minimum absolute atomic E-state index is 0.402. The molecule has 0 fully saturated rings. The third-order valence-electron chi connectivity index (χ3n) is 1.59. The number of halogens is 3. The van der Waals surface area contributed by atoms with E-state index in [1.807, 2.05) is 5.38 Å². The summed E-state index contributed by atoms with van der Waals surface area (Å²) < 4.78 is 27.1. The van der Waals surface area contributed by atoms with Gasteiger partial charge in [-0.15, -0.1) is 11.3 Å². The van der Waals surface area contributed by atoms with E-state index in [2.05, 4.69) is 22.6 Å². The molecule has 1 aromatic heterocycles. The van der Waals surface area contributed by atoms with E-state index in [4.69, 9.17) is 0 Å². The van der Waals surface area contributed by atoms with Crippen LogP contribution in [0.1, 0.15) is 0 Å². The van der Waals surface area contributed by atoms with Crippen LogP contribution in [-0.4, -0.2) is 0 Å². The summed E-state index contributed by atoms with van der Waals surface area (Å²) in [6, 6.07) is 2.76. The normalized spacial score (nSPS) is 10.9. The summed E-state index contributed by atoms with van der Waals surface area (Å²) in [6.07, 6.45) is 0. The van der Waals surface area contributed by atoms with E-state index in [0.717, 1.165) is 15.0 Å². The van der Waals surface area contributed by atoms with Crippen LogP contribution < -0.4 is 0 Å². The Labute approximate surface area is 85.3 Å². The quantitative estimate of drug-likeness (QED) is 0.649. The molecule has 0 N–H and O–H groups in total. The van der Waals surface area contributed by atoms with Crippen molar-refractivity contribution in [1.82, 2.24) is 0 Å². The molecule has 0 saturated carbocycles. The third kappa shape index (κ3) is 1.13. The van der Waals surface area contributed by atoms with Crippen LogP contribution in [0.2, 0.25) is 0 Å². The number of thiophene rings is 1. The maximum absolute atomic E-state index is 13.0. The Hall–Kier alpha value is -0.230. The monoisotopic (exact) mass is 296 g/mol. The van der Waals surface area contributed by atoms with E-state index < -0.39 is 11.6 Å². The van der Waals surface area contributed by atoms with Gasteiger partial charge in [0, 0.05) is 14.3 Å². The molecule has 0 amide bonds. The van der Waals surface area contributed by atoms with Crippen molar-refractivity contribution in [3.8, 4) is 0 Å². The molecule has 0 spiro atoms. The van der Waals surface area contributed by atoms with Crippen molar-refractivity contribution in [3.63, 3.8) is 0 Å². The minimum Gasteiger partial charge on any atom is -0.204 e. The molecule has 62 valence electrons. The molecule has 2 aromatic rings. The second-order valence-electron chi connectivity index (χ2n) is 2.32. The van der Waals surface area contributed by atoms with Crippen LogP contribution in [0.4, 0.5) is 8.78 Å². The lowest BCUT2D eigenvalue weighted by Gasteiger charge is -1.93. The van der Waals surface area contributed by atoms with Gasteiger partial charge in [-0.2, -0.15) is 0 Å². The van der Waals surface area contributed by atoms with Crippen molar-refractivity contribution in [2.75, 3.05) is 0 Å². The number of hydrogen-bond donors (Lipinski definition) is 0. The van der Waals surface area contributed by atoms with E-state index in [-0.39, 0.29) is 0 Å². The summed E-state index contributed by atoms with van der Waals surface area (Å²) in [5.74, 6) is -1.51. The highest BCUT2D eigenvalue weighted by atomic mass is 127. The summed E-state index contributed by atoms with van der Waals surface area (Å²) in [5, 5.41) is 2.60. The number of hydrogen-bond acceptors (Lipinski definition) is 1. The Morgan fingerprint density at radius 3 is 2.75 bits per heavy atom. The average Bonchev–Trinajstić information content (AvgIpc) is 2.41. The Kier molecular flexibility index (Phi) is 2.04. The van der Waals surface area contributed by atoms with Crippen molar-refractivity contribution in [2.24, 2.45) is 0 Å². The molecule has 0 aliphatic carbocycles. The van der Waals surface area contributed by atoms with Gasteiger partial charge in [-0.3, -0.25) is 0 Å². The van der Waals surface area contributed by atoms with Crippen molar-refractivity contribution < 1.29 is 8.78 Å². The van der Waals surface area contributed by atoms with Gasteiger partial charge in [0.15, 0.2) is 11.6 Å². The molecular weight excluding hydrogens is 293 g/mol. The summed E-state index contributed by atoms with van der Waals surface area (Å²) in [7, 11) is 0. The molecule has 1 heterocycles. The minimum atomic E-state index is -0.777. The van der Waals surface area contributed by atoms with E-state index in [0.29, 0.717) is 4.70 Å². The van der Waals surface area contributed by atoms with Crippen LogP contribution in [0.25, 0.3) is 10.1 Å². The zero-order valence-electron chi connectivity index (χ0n) is 5.77. The van der Waals surface area contributed by atoms with Crippen molar-refractivity contribution >= 4 is 44.0 Å². The lowest BCUT2D eigenvalue weighted by atomic mass is 10.2. The highest BCUT2D eigenvalue weighted by Crippen LogP contribution is 2.30. The molecule has 2 rings (SSSR count). The van der Waals surface area contributed by atoms with Gasteiger partial charge < -0.3 is 0 Å². The fourth-order valence-corrected chi connectivity index (χ4v) is 2.88. The number of benzene rings is 1. The lowest BCUT2D eigenvalue weighted by molar-refractivity contribution is 0.518. The molecule has 0 aliphatic rings. The second kappa shape index (κ2) is 2.92. The van der Waals surface area contributed by atoms with Crippen molar-refractivity contribution in [1.29, 1.82) is 0 Å². The molecule has 12 heavy (non-hydrogen) atoms. The Morgan fingerprint density at radius 2 is 2.00 bits per heavy atom. The predicted molar refractivity (Wildman–Crippen MR) is 54.5 cm³/mol. The van der Waals surface area contributed by atoms with Crippen LogP contribution in [-0.2, 0) is 0 Å². The van der Waals surface area contributed by atoms with Crippen LogP contribution in [0.15, 0.2) is 17.5 Å². The first-order chi connectivity index (χ1) is 5.70. The van der Waals surface area contributed by atoms with Gasteiger partial charge in [-0.1, -0.05) is 0 Å². The van der Waals surface area contributed by atoms with E-state index in [9.17, 15) is 8.78 Å². The van der Waals surface area contributed by atoms with E-state index >= 15 is 0 Å². The smallest absolute Gasteiger partial charge is 0.176 e. The summed E-state index contributed by atoms with van der Waals surface area (Å²) in [6.45, 7) is 0. The molecule has 0 unspecified atom stereocenters. The maximum atomic E-state index is 13.0. The van der Waals surface area contributed by atoms with Crippen molar-refractivity contribution in [2.45, 2.75) is 0 Å². The van der Waals surface area contributed by atoms with E-state index in [1.54, 1.807) is 6.07 Å². The van der Waals surface area contributed by atoms with Crippen LogP contribution >= 0.6 is 33.9 Å². The molecule has 0 radical (unpaired) electrons. The zero-order chi connectivity index (χ0) is 8.72. The van der Waals surface area contributed by atoms with Crippen LogP contribution in [0.3, 0.4) is 0 Å². The second-order valence-corrected chi connectivity index (χ2v) is 4.36. The fourth-order valence-electron chi connectivity index (χ4n) is 1.01. The molecule has 1 aromatic carbocycles. The highest BCUT2D eigenvalue weighted by molar-refractivity contribution is 14.1. The summed E-state index contributed by atoms with van der Waals surface area (Å²) in [5.41, 5.74) is 0. The van der Waals surface area contributed by atoms with Gasteiger partial charge in [-0.25, -0.2) is 8.78 Å². The predicted octanol–water partition coefficient (Wildman–Crippen LogP) is 3.78. The van der Waals surface area contributed by atoms with Gasteiger partial charge in [0.25, 0.3) is 0 Å². The summed E-state index contributed by atoms with van der Waals surface area (Å²) in [4.78, 5) is 0. The van der Waals surface area contributed by atoms with Gasteiger partial charge in [0.2, 0.25) is 0 Å². The van der Waals surface area contributed by atoms with Crippen LogP contribution in [0, 0.1) is 15.2 Å². The molecule has 4 heteroatoms. The van der Waals surface area contributed by atoms with Gasteiger partial charge in [0.05, 0.1) is 4.70 Å². The molecule has 0 nitrogen and oxygen atoms in total. The molecule has 0 bridgehead atoms. The van der Waals surface area contributed by atoms with E-state index in [1.165, 1.54) is 11.3 Å². The summed E-state index contributed by atoms with van der Waals surface area (Å²) >= 11 is 3.34. The number of rotatable bonds is 0. The maximum Gasteiger partial charge on any atom is 0.176 e. The van der Waals surface area contributed by atoms with Gasteiger partial charge >= 0.3 is 0 Å². The SMILES string of the molecule is Fc1ccc2c(I)csc2c1F.